The van der Waals surface area contributed by atoms with Crippen molar-refractivity contribution >= 4 is 23.5 Å². The Hall–Kier alpha value is -3.35. The number of alkyl halides is 1. The fourth-order valence-corrected chi connectivity index (χ4v) is 7.28. The summed E-state index contributed by atoms with van der Waals surface area (Å²) >= 11 is 0. The first-order chi connectivity index (χ1) is 17.5. The molecule has 1 aromatic carbocycles. The maximum absolute atomic E-state index is 16.4. The molecule has 7 heteroatoms. The molecule has 5 atom stereocenters. The van der Waals surface area contributed by atoms with Crippen molar-refractivity contribution in [2.45, 2.75) is 64.6 Å². The Balaban J connectivity index is 1.59. The molecule has 0 N–H and O–H groups in total. The van der Waals surface area contributed by atoms with Crippen molar-refractivity contribution in [3.8, 4) is 0 Å². The van der Waals surface area contributed by atoms with E-state index in [2.05, 4.69) is 0 Å². The smallest absolute Gasteiger partial charge is 0.339 e. The number of esters is 2. The normalized spacial score (nSPS) is 34.2. The second-order valence-corrected chi connectivity index (χ2v) is 11.0. The lowest BCUT2D eigenvalue weighted by Gasteiger charge is -2.53. The van der Waals surface area contributed by atoms with E-state index >= 15 is 4.39 Å². The molecule has 0 amide bonds. The summed E-state index contributed by atoms with van der Waals surface area (Å²) in [6.07, 6.45) is 5.47. The summed E-state index contributed by atoms with van der Waals surface area (Å²) in [4.78, 5) is 50.6. The van der Waals surface area contributed by atoms with Crippen molar-refractivity contribution in [1.29, 1.82) is 0 Å². The van der Waals surface area contributed by atoms with E-state index in [1.54, 1.807) is 42.5 Å². The fourth-order valence-electron chi connectivity index (χ4n) is 7.28. The first-order valence-corrected chi connectivity index (χ1v) is 12.8. The highest BCUT2D eigenvalue weighted by Gasteiger charge is 2.68. The van der Waals surface area contributed by atoms with Gasteiger partial charge < -0.3 is 9.47 Å². The van der Waals surface area contributed by atoms with Gasteiger partial charge in [0.05, 0.1) is 5.56 Å². The number of allylic oxidation sites excluding steroid dienone is 6. The van der Waals surface area contributed by atoms with Gasteiger partial charge in [-0.05, 0) is 74.8 Å². The third kappa shape index (κ3) is 3.82. The molecule has 5 rings (SSSR count). The van der Waals surface area contributed by atoms with Crippen LogP contribution in [0.3, 0.4) is 0 Å². The summed E-state index contributed by atoms with van der Waals surface area (Å²) < 4.78 is 27.5. The molecular weight excluding hydrogens is 475 g/mol. The van der Waals surface area contributed by atoms with Crippen LogP contribution in [0.2, 0.25) is 0 Å². The van der Waals surface area contributed by atoms with Crippen LogP contribution in [0, 0.1) is 16.7 Å². The molecule has 0 saturated heterocycles. The summed E-state index contributed by atoms with van der Waals surface area (Å²) in [6, 6.07) is 8.39. The minimum Gasteiger partial charge on any atom is -0.458 e. The summed E-state index contributed by atoms with van der Waals surface area (Å²) in [5.74, 6) is -2.09. The zero-order chi connectivity index (χ0) is 26.6. The Kier molecular flexibility index (Phi) is 6.08. The van der Waals surface area contributed by atoms with E-state index in [0.29, 0.717) is 30.4 Å². The highest BCUT2D eigenvalue weighted by Crippen LogP contribution is 2.66. The molecule has 1 aromatic rings. The summed E-state index contributed by atoms with van der Waals surface area (Å²) in [5, 5.41) is 0. The number of ketones is 2. The number of ether oxygens (including phenoxy) is 2. The number of hydrogen-bond donors (Lipinski definition) is 0. The van der Waals surface area contributed by atoms with E-state index in [9.17, 15) is 19.2 Å². The molecule has 194 valence electrons. The van der Waals surface area contributed by atoms with Crippen LogP contribution in [-0.2, 0) is 23.9 Å². The number of Topliss-reactive ketones (excluding diaryl/α,β-unsaturated/α-hetero) is 1. The average Bonchev–Trinajstić information content (AvgIpc) is 3.15. The number of carbonyl (C=O) groups excluding carboxylic acids is 4. The van der Waals surface area contributed by atoms with E-state index < -0.39 is 46.9 Å². The quantitative estimate of drug-likeness (QED) is 0.411. The lowest BCUT2D eigenvalue weighted by atomic mass is 9.53. The van der Waals surface area contributed by atoms with E-state index in [1.165, 1.54) is 13.0 Å². The molecule has 0 heterocycles. The average molecular weight is 507 g/mol. The predicted octanol–water partition coefficient (Wildman–Crippen LogP) is 5.03. The monoisotopic (exact) mass is 506 g/mol. The molecule has 0 radical (unpaired) electrons. The molecule has 4 aliphatic carbocycles. The van der Waals surface area contributed by atoms with E-state index in [-0.39, 0.29) is 24.5 Å². The maximum Gasteiger partial charge on any atom is 0.339 e. The Morgan fingerprint density at radius 1 is 1.11 bits per heavy atom. The van der Waals surface area contributed by atoms with Gasteiger partial charge in [0.15, 0.2) is 18.0 Å². The van der Waals surface area contributed by atoms with Crippen LogP contribution in [0.25, 0.3) is 0 Å². The minimum absolute atomic E-state index is 0.0188. The van der Waals surface area contributed by atoms with Crippen molar-refractivity contribution in [3.05, 3.63) is 70.8 Å². The first kappa shape index (κ1) is 25.3. The molecule has 1 fully saturated rings. The van der Waals surface area contributed by atoms with Crippen LogP contribution in [-0.4, -0.2) is 41.9 Å². The zero-order valence-electron chi connectivity index (χ0n) is 21.3. The van der Waals surface area contributed by atoms with Crippen LogP contribution in [0.4, 0.5) is 4.39 Å². The number of fused-ring (bicyclic) bond motifs is 4. The van der Waals surface area contributed by atoms with Crippen LogP contribution < -0.4 is 0 Å². The molecule has 0 bridgehead atoms. The first-order valence-electron chi connectivity index (χ1n) is 12.8. The van der Waals surface area contributed by atoms with Crippen LogP contribution in [0.15, 0.2) is 65.3 Å². The molecule has 0 spiro atoms. The second kappa shape index (κ2) is 8.89. The SMILES string of the molecule is CC(=O)OCC(=O)[C@@]1(OC(=O)c2ccccc2)CC[C@H]2C3=C([C@@H](F)C[C@@]21C)[C@@]1(C)C=CC(=O)C=C1CC3. The van der Waals surface area contributed by atoms with Crippen molar-refractivity contribution in [1.82, 2.24) is 0 Å². The van der Waals surface area contributed by atoms with Crippen LogP contribution in [0.1, 0.15) is 63.2 Å². The Bertz CT molecular complexity index is 1280. The van der Waals surface area contributed by atoms with Gasteiger partial charge in [-0.25, -0.2) is 9.18 Å². The molecule has 0 unspecified atom stereocenters. The van der Waals surface area contributed by atoms with Crippen molar-refractivity contribution in [3.63, 3.8) is 0 Å². The van der Waals surface area contributed by atoms with E-state index in [1.807, 2.05) is 13.8 Å². The number of carbonyl (C=O) groups is 4. The standard InChI is InChI=1S/C30H31FO6/c1-18(32)36-17-25(34)30(37-27(35)19-7-5-4-6-8-19)14-12-23-22-10-9-20-15-21(33)11-13-28(20,2)26(22)24(31)16-29(23,30)3/h4-8,11,13,15,23-24H,9-10,12,14,16-17H2,1-3H3/t23-,24-,28-,29-,30-/m0/s1. The number of hydrogen-bond acceptors (Lipinski definition) is 6. The largest absolute Gasteiger partial charge is 0.458 e. The molecule has 0 aromatic heterocycles. The molecule has 1 saturated carbocycles. The number of halogens is 1. The van der Waals surface area contributed by atoms with Gasteiger partial charge in [0.25, 0.3) is 0 Å². The summed E-state index contributed by atoms with van der Waals surface area (Å²) in [7, 11) is 0. The number of rotatable bonds is 5. The Labute approximate surface area is 215 Å². The number of benzene rings is 1. The molecule has 6 nitrogen and oxygen atoms in total. The Morgan fingerprint density at radius 3 is 2.54 bits per heavy atom. The highest BCUT2D eigenvalue weighted by atomic mass is 19.1. The molecule has 4 aliphatic rings. The van der Waals surface area contributed by atoms with Crippen molar-refractivity contribution in [2.24, 2.45) is 16.7 Å². The van der Waals surface area contributed by atoms with Gasteiger partial charge in [0, 0.05) is 17.8 Å². The lowest BCUT2D eigenvalue weighted by molar-refractivity contribution is -0.164. The third-order valence-corrected chi connectivity index (χ3v) is 9.08. The van der Waals surface area contributed by atoms with Crippen LogP contribution >= 0.6 is 0 Å². The van der Waals surface area contributed by atoms with E-state index in [0.717, 1.165) is 11.1 Å². The second-order valence-electron chi connectivity index (χ2n) is 11.0. The van der Waals surface area contributed by atoms with Gasteiger partial charge in [-0.15, -0.1) is 0 Å². The molecular formula is C30H31FO6. The van der Waals surface area contributed by atoms with Gasteiger partial charge in [-0.2, -0.15) is 0 Å². The van der Waals surface area contributed by atoms with Gasteiger partial charge in [0.1, 0.15) is 6.17 Å². The molecule has 0 aliphatic heterocycles. The van der Waals surface area contributed by atoms with Gasteiger partial charge in [-0.3, -0.25) is 14.4 Å². The summed E-state index contributed by atoms with van der Waals surface area (Å²) in [5.41, 5.74) is -0.520. The predicted molar refractivity (Wildman–Crippen MR) is 133 cm³/mol. The van der Waals surface area contributed by atoms with Gasteiger partial charge in [0.2, 0.25) is 5.78 Å². The van der Waals surface area contributed by atoms with Crippen molar-refractivity contribution in [2.75, 3.05) is 6.61 Å². The fraction of sp³-hybridized carbons (Fsp3) is 0.467. The topological polar surface area (TPSA) is 86.7 Å². The van der Waals surface area contributed by atoms with Crippen LogP contribution in [0.5, 0.6) is 0 Å². The highest BCUT2D eigenvalue weighted by molar-refractivity contribution is 6.01. The van der Waals surface area contributed by atoms with E-state index in [4.69, 9.17) is 9.47 Å². The maximum atomic E-state index is 16.4. The third-order valence-electron chi connectivity index (χ3n) is 9.08. The van der Waals surface area contributed by atoms with Gasteiger partial charge >= 0.3 is 11.9 Å². The lowest BCUT2D eigenvalue weighted by Crippen LogP contribution is -2.58. The molecule has 37 heavy (non-hydrogen) atoms. The summed E-state index contributed by atoms with van der Waals surface area (Å²) in [6.45, 7) is 4.45. The zero-order valence-corrected chi connectivity index (χ0v) is 21.3. The minimum atomic E-state index is -1.64. The Morgan fingerprint density at radius 2 is 1.84 bits per heavy atom. The van der Waals surface area contributed by atoms with Gasteiger partial charge in [-0.1, -0.05) is 42.3 Å². The van der Waals surface area contributed by atoms with Crippen molar-refractivity contribution < 1.29 is 33.0 Å².